The molecule has 0 aliphatic carbocycles. The van der Waals surface area contributed by atoms with Crippen molar-refractivity contribution in [2.24, 2.45) is 5.92 Å². The van der Waals surface area contributed by atoms with E-state index in [1.54, 1.807) is 31.2 Å². The number of esters is 1. The normalized spacial score (nSPS) is 19.2. The molecule has 2 heterocycles. The molecule has 0 radical (unpaired) electrons. The van der Waals surface area contributed by atoms with Gasteiger partial charge in [-0.1, -0.05) is 50.7 Å². The predicted molar refractivity (Wildman–Crippen MR) is 137 cm³/mol. The molecule has 200 valence electrons. The van der Waals surface area contributed by atoms with Gasteiger partial charge < -0.3 is 19.9 Å². The molecule has 3 rings (SSSR count). The molecule has 0 saturated carbocycles. The average molecular weight is 504 g/mol. The fourth-order valence-corrected chi connectivity index (χ4v) is 5.01. The van der Waals surface area contributed by atoms with Crippen molar-refractivity contribution in [3.05, 3.63) is 24.3 Å². The maximum Gasteiger partial charge on any atom is 0.323 e. The topological polar surface area (TPSA) is 117 Å². The molecule has 0 spiro atoms. The highest BCUT2D eigenvalue weighted by atomic mass is 16.5. The third-order valence-electron chi connectivity index (χ3n) is 6.96. The number of hydrogen-bond donors (Lipinski definition) is 3. The smallest absolute Gasteiger partial charge is 0.323 e. The van der Waals surface area contributed by atoms with E-state index in [1.165, 1.54) is 37.0 Å². The van der Waals surface area contributed by atoms with Crippen molar-refractivity contribution in [1.29, 1.82) is 0 Å². The Bertz CT molecular complexity index is 858. The summed E-state index contributed by atoms with van der Waals surface area (Å²) in [5.41, 5.74) is 0.409. The number of aliphatic carboxylic acids is 1. The van der Waals surface area contributed by atoms with E-state index in [-0.39, 0.29) is 13.2 Å². The number of carboxylic acids is 1. The van der Waals surface area contributed by atoms with Crippen molar-refractivity contribution in [3.8, 4) is 5.75 Å². The number of carbonyl (C=O) groups is 3. The van der Waals surface area contributed by atoms with Gasteiger partial charge in [-0.05, 0) is 57.3 Å². The van der Waals surface area contributed by atoms with E-state index in [2.05, 4.69) is 10.6 Å². The molecule has 9 nitrogen and oxygen atoms in total. The van der Waals surface area contributed by atoms with Crippen molar-refractivity contribution in [3.63, 3.8) is 0 Å². The Labute approximate surface area is 213 Å². The van der Waals surface area contributed by atoms with Crippen LogP contribution in [-0.2, 0) is 19.1 Å². The van der Waals surface area contributed by atoms with Crippen molar-refractivity contribution in [1.82, 2.24) is 10.6 Å². The number of nitrogens with one attached hydrogen (secondary N) is 2. The number of carboxylic acid groups (broad SMARTS) is 1. The van der Waals surface area contributed by atoms with Crippen LogP contribution in [0.4, 0.5) is 5.69 Å². The monoisotopic (exact) mass is 503 g/mol. The zero-order valence-corrected chi connectivity index (χ0v) is 21.4. The van der Waals surface area contributed by atoms with Crippen LogP contribution in [0, 0.1) is 5.92 Å². The summed E-state index contributed by atoms with van der Waals surface area (Å²) < 4.78 is 11.1. The van der Waals surface area contributed by atoms with Crippen LogP contribution < -0.4 is 20.3 Å². The average Bonchev–Trinajstić information content (AvgIpc) is 3.00. The molecule has 1 amide bonds. The number of benzene rings is 1. The van der Waals surface area contributed by atoms with Crippen LogP contribution in [0.1, 0.15) is 64.7 Å². The lowest BCUT2D eigenvalue weighted by Gasteiger charge is -2.26. The van der Waals surface area contributed by atoms with Gasteiger partial charge in [0.2, 0.25) is 5.91 Å². The molecule has 1 aromatic rings. The SMILES string of the molecule is CCOC(=O)[C@H](CCCCCCCC1CCNCC1)NC1COc2ccccc2N(CC(=O)O)C1=O. The first kappa shape index (κ1) is 27.9. The van der Waals surface area contributed by atoms with Gasteiger partial charge in [-0.3, -0.25) is 24.6 Å². The Morgan fingerprint density at radius 3 is 2.64 bits per heavy atom. The number of fused-ring (bicyclic) bond motifs is 1. The number of anilines is 1. The van der Waals surface area contributed by atoms with Crippen LogP contribution in [-0.4, -0.2) is 67.9 Å². The predicted octanol–water partition coefficient (Wildman–Crippen LogP) is 3.12. The van der Waals surface area contributed by atoms with Crippen LogP contribution in [0.15, 0.2) is 24.3 Å². The van der Waals surface area contributed by atoms with E-state index >= 15 is 0 Å². The van der Waals surface area contributed by atoms with Crippen LogP contribution in [0.2, 0.25) is 0 Å². The molecule has 3 N–H and O–H groups in total. The fourth-order valence-electron chi connectivity index (χ4n) is 5.01. The van der Waals surface area contributed by atoms with Crippen molar-refractivity contribution < 1.29 is 29.0 Å². The van der Waals surface area contributed by atoms with E-state index < -0.39 is 36.5 Å². The Morgan fingerprint density at radius 1 is 1.17 bits per heavy atom. The third-order valence-corrected chi connectivity index (χ3v) is 6.96. The van der Waals surface area contributed by atoms with Gasteiger partial charge in [-0.15, -0.1) is 0 Å². The van der Waals surface area contributed by atoms with Gasteiger partial charge in [0.1, 0.15) is 31.0 Å². The number of amides is 1. The number of carbonyl (C=O) groups excluding carboxylic acids is 2. The molecule has 1 fully saturated rings. The summed E-state index contributed by atoms with van der Waals surface area (Å²) in [5.74, 6) is -0.665. The minimum absolute atomic E-state index is 0.00143. The highest BCUT2D eigenvalue weighted by molar-refractivity contribution is 6.02. The van der Waals surface area contributed by atoms with Crippen LogP contribution in [0.3, 0.4) is 0 Å². The van der Waals surface area contributed by atoms with Crippen LogP contribution in [0.5, 0.6) is 5.75 Å². The van der Waals surface area contributed by atoms with E-state index in [9.17, 15) is 19.5 Å². The molecule has 0 aromatic heterocycles. The van der Waals surface area contributed by atoms with Gasteiger partial charge in [-0.25, -0.2) is 0 Å². The van der Waals surface area contributed by atoms with Gasteiger partial charge >= 0.3 is 11.9 Å². The first-order valence-electron chi connectivity index (χ1n) is 13.4. The summed E-state index contributed by atoms with van der Waals surface area (Å²) in [4.78, 5) is 38.6. The minimum Gasteiger partial charge on any atom is -0.489 e. The second kappa shape index (κ2) is 14.8. The first-order chi connectivity index (χ1) is 17.5. The Kier molecular flexibility index (Phi) is 11.5. The third kappa shape index (κ3) is 8.48. The molecule has 0 bridgehead atoms. The minimum atomic E-state index is -1.12. The number of rotatable bonds is 14. The van der Waals surface area contributed by atoms with E-state index in [0.717, 1.165) is 38.3 Å². The first-order valence-corrected chi connectivity index (χ1v) is 13.4. The fraction of sp³-hybridized carbons (Fsp3) is 0.667. The molecule has 36 heavy (non-hydrogen) atoms. The van der Waals surface area contributed by atoms with Gasteiger partial charge in [0, 0.05) is 0 Å². The zero-order valence-electron chi connectivity index (χ0n) is 21.4. The van der Waals surface area contributed by atoms with E-state index in [0.29, 0.717) is 17.9 Å². The molecule has 1 aromatic carbocycles. The molecule has 2 aliphatic rings. The lowest BCUT2D eigenvalue weighted by atomic mass is 9.92. The highest BCUT2D eigenvalue weighted by Crippen LogP contribution is 2.31. The quantitative estimate of drug-likeness (QED) is 0.262. The van der Waals surface area contributed by atoms with Crippen LogP contribution >= 0.6 is 0 Å². The highest BCUT2D eigenvalue weighted by Gasteiger charge is 2.35. The van der Waals surface area contributed by atoms with Crippen molar-refractivity contribution in [2.75, 3.05) is 37.7 Å². The maximum absolute atomic E-state index is 13.3. The molecule has 1 saturated heterocycles. The Balaban J connectivity index is 1.52. The number of hydrogen-bond acceptors (Lipinski definition) is 7. The molecule has 2 atom stereocenters. The number of unbranched alkanes of at least 4 members (excludes halogenated alkanes) is 4. The maximum atomic E-state index is 13.3. The number of piperidine rings is 1. The zero-order chi connectivity index (χ0) is 25.8. The van der Waals surface area contributed by atoms with E-state index in [4.69, 9.17) is 9.47 Å². The summed E-state index contributed by atoms with van der Waals surface area (Å²) in [7, 11) is 0. The summed E-state index contributed by atoms with van der Waals surface area (Å²) in [6.07, 6.45) is 9.82. The Morgan fingerprint density at radius 2 is 1.89 bits per heavy atom. The lowest BCUT2D eigenvalue weighted by molar-refractivity contribution is -0.146. The second-order valence-electron chi connectivity index (χ2n) is 9.66. The number of ether oxygens (including phenoxy) is 2. The summed E-state index contributed by atoms with van der Waals surface area (Å²) >= 11 is 0. The van der Waals surface area contributed by atoms with Gasteiger partial charge in [0.15, 0.2) is 0 Å². The Hall–Kier alpha value is -2.65. The van der Waals surface area contributed by atoms with Crippen molar-refractivity contribution >= 4 is 23.5 Å². The van der Waals surface area contributed by atoms with Gasteiger partial charge in [-0.2, -0.15) is 0 Å². The van der Waals surface area contributed by atoms with Crippen LogP contribution in [0.25, 0.3) is 0 Å². The summed E-state index contributed by atoms with van der Waals surface area (Å²) in [5, 5.41) is 15.9. The van der Waals surface area contributed by atoms with Gasteiger partial charge in [0.25, 0.3) is 0 Å². The number of para-hydroxylation sites is 2. The molecule has 2 aliphatic heterocycles. The van der Waals surface area contributed by atoms with E-state index in [1.807, 2.05) is 0 Å². The van der Waals surface area contributed by atoms with Gasteiger partial charge in [0.05, 0.1) is 12.3 Å². The second-order valence-corrected chi connectivity index (χ2v) is 9.66. The standard InChI is InChI=1S/C27H41N3O6/c1-2-35-27(34)21(11-7-5-3-4-6-10-20-14-16-28-17-15-20)29-22-19-36-24-13-9-8-12-23(24)30(26(22)33)18-25(31)32/h8-9,12-13,20-22,28-29H,2-7,10-11,14-19H2,1H3,(H,31,32)/t21-,22?/m0/s1. The molecule has 9 heteroatoms. The lowest BCUT2D eigenvalue weighted by Crippen LogP contribution is -2.54. The molecule has 1 unspecified atom stereocenters. The summed E-state index contributed by atoms with van der Waals surface area (Å²) in [6, 6.07) is 5.33. The molecular weight excluding hydrogens is 462 g/mol. The van der Waals surface area contributed by atoms with Crippen molar-refractivity contribution in [2.45, 2.75) is 76.8 Å². The summed E-state index contributed by atoms with van der Waals surface area (Å²) in [6.45, 7) is 3.79. The largest absolute Gasteiger partial charge is 0.489 e. The molecular formula is C27H41N3O6. The number of nitrogens with zero attached hydrogens (tertiary/aromatic N) is 1.